The number of para-hydroxylation sites is 3. The van der Waals surface area contributed by atoms with Crippen LogP contribution in [0.2, 0.25) is 0 Å². The summed E-state index contributed by atoms with van der Waals surface area (Å²) in [5.74, 6) is 1.19. The molecule has 2 aromatic rings. The monoisotopic (exact) mass is 354 g/mol. The fourth-order valence-electron chi connectivity index (χ4n) is 3.03. The molecule has 0 atom stereocenters. The Labute approximate surface area is 152 Å². The van der Waals surface area contributed by atoms with Crippen molar-refractivity contribution in [2.45, 2.75) is 0 Å². The first-order chi connectivity index (χ1) is 12.7. The van der Waals surface area contributed by atoms with Crippen molar-refractivity contribution >= 4 is 17.9 Å². The lowest BCUT2D eigenvalue weighted by atomic mass is 10.2. The van der Waals surface area contributed by atoms with Crippen molar-refractivity contribution in [3.63, 3.8) is 0 Å². The number of carbonyl (C=O) groups is 2. The number of piperazine rings is 1. The van der Waals surface area contributed by atoms with Gasteiger partial charge in [0.1, 0.15) is 11.5 Å². The molecular formula is C20H22N2O4. The van der Waals surface area contributed by atoms with Crippen LogP contribution in [0.3, 0.4) is 0 Å². The summed E-state index contributed by atoms with van der Waals surface area (Å²) in [6.07, 6.45) is 0.728. The van der Waals surface area contributed by atoms with Gasteiger partial charge in [-0.25, -0.2) is 0 Å². The first kappa shape index (κ1) is 17.8. The first-order valence-electron chi connectivity index (χ1n) is 8.55. The molecule has 1 aliphatic rings. The van der Waals surface area contributed by atoms with Crippen molar-refractivity contribution < 1.29 is 19.1 Å². The maximum Gasteiger partial charge on any atom is 0.260 e. The highest BCUT2D eigenvalue weighted by Crippen LogP contribution is 2.28. The Balaban J connectivity index is 1.54. The molecule has 0 aliphatic carbocycles. The van der Waals surface area contributed by atoms with Gasteiger partial charge in [0, 0.05) is 26.2 Å². The minimum atomic E-state index is -0.0784. The molecule has 0 saturated carbocycles. The number of hydrogen-bond donors (Lipinski definition) is 0. The third-order valence-electron chi connectivity index (χ3n) is 4.46. The predicted octanol–water partition coefficient (Wildman–Crippen LogP) is 2.24. The molecule has 2 aromatic carbocycles. The van der Waals surface area contributed by atoms with Crippen LogP contribution < -0.4 is 14.4 Å². The van der Waals surface area contributed by atoms with Crippen molar-refractivity contribution in [1.82, 2.24) is 4.90 Å². The lowest BCUT2D eigenvalue weighted by molar-refractivity contribution is -0.133. The molecule has 136 valence electrons. The van der Waals surface area contributed by atoms with Crippen molar-refractivity contribution in [3.8, 4) is 11.5 Å². The smallest absolute Gasteiger partial charge is 0.260 e. The number of amides is 1. The quantitative estimate of drug-likeness (QED) is 0.745. The molecule has 0 bridgehead atoms. The number of anilines is 1. The zero-order valence-electron chi connectivity index (χ0n) is 14.8. The van der Waals surface area contributed by atoms with Gasteiger partial charge in [0.25, 0.3) is 5.91 Å². The number of benzene rings is 2. The van der Waals surface area contributed by atoms with E-state index in [1.54, 1.807) is 36.3 Å². The molecule has 1 fully saturated rings. The second kappa shape index (κ2) is 8.38. The fourth-order valence-corrected chi connectivity index (χ4v) is 3.03. The minimum absolute atomic E-state index is 0.0699. The van der Waals surface area contributed by atoms with Crippen molar-refractivity contribution in [2.24, 2.45) is 0 Å². The van der Waals surface area contributed by atoms with Crippen LogP contribution in [0.4, 0.5) is 5.69 Å². The normalized spacial score (nSPS) is 14.0. The van der Waals surface area contributed by atoms with Gasteiger partial charge in [-0.1, -0.05) is 24.3 Å². The van der Waals surface area contributed by atoms with E-state index in [9.17, 15) is 9.59 Å². The lowest BCUT2D eigenvalue weighted by Gasteiger charge is -2.36. The van der Waals surface area contributed by atoms with Gasteiger partial charge < -0.3 is 19.3 Å². The zero-order chi connectivity index (χ0) is 18.4. The molecule has 0 spiro atoms. The van der Waals surface area contributed by atoms with Crippen molar-refractivity contribution in [3.05, 3.63) is 54.1 Å². The van der Waals surface area contributed by atoms with Gasteiger partial charge in [0.15, 0.2) is 12.9 Å². The Kier molecular flexibility index (Phi) is 5.73. The van der Waals surface area contributed by atoms with E-state index >= 15 is 0 Å². The molecular weight excluding hydrogens is 332 g/mol. The third-order valence-corrected chi connectivity index (χ3v) is 4.46. The van der Waals surface area contributed by atoms with Crippen LogP contribution in [0.1, 0.15) is 10.4 Å². The average molecular weight is 354 g/mol. The van der Waals surface area contributed by atoms with Crippen LogP contribution in [0, 0.1) is 0 Å². The van der Waals surface area contributed by atoms with Gasteiger partial charge in [0.2, 0.25) is 0 Å². The number of methoxy groups -OCH3 is 1. The van der Waals surface area contributed by atoms with E-state index in [2.05, 4.69) is 4.90 Å². The summed E-state index contributed by atoms with van der Waals surface area (Å²) in [6.45, 7) is 2.64. The Bertz CT molecular complexity index is 770. The topological polar surface area (TPSA) is 59.1 Å². The van der Waals surface area contributed by atoms with Gasteiger partial charge in [-0.2, -0.15) is 0 Å². The summed E-state index contributed by atoms with van der Waals surface area (Å²) in [4.78, 5) is 27.4. The van der Waals surface area contributed by atoms with E-state index in [1.807, 2.05) is 24.3 Å². The highest BCUT2D eigenvalue weighted by atomic mass is 16.5. The van der Waals surface area contributed by atoms with Crippen molar-refractivity contribution in [1.29, 1.82) is 0 Å². The average Bonchev–Trinajstić information content (AvgIpc) is 2.72. The molecule has 1 heterocycles. The molecule has 1 saturated heterocycles. The van der Waals surface area contributed by atoms with E-state index in [0.717, 1.165) is 30.8 Å². The van der Waals surface area contributed by atoms with Gasteiger partial charge in [-0.05, 0) is 24.3 Å². The Morgan fingerprint density at radius 1 is 1.00 bits per heavy atom. The molecule has 1 aliphatic heterocycles. The van der Waals surface area contributed by atoms with Crippen LogP contribution in [0.15, 0.2) is 48.5 Å². The number of aldehydes is 1. The fraction of sp³-hybridized carbons (Fsp3) is 0.300. The van der Waals surface area contributed by atoms with Crippen molar-refractivity contribution in [2.75, 3.05) is 44.8 Å². The summed E-state index contributed by atoms with van der Waals surface area (Å²) in [5, 5.41) is 0. The zero-order valence-corrected chi connectivity index (χ0v) is 14.8. The van der Waals surface area contributed by atoms with Gasteiger partial charge in [-0.15, -0.1) is 0 Å². The maximum absolute atomic E-state index is 12.4. The van der Waals surface area contributed by atoms with E-state index in [4.69, 9.17) is 9.47 Å². The number of nitrogens with zero attached hydrogens (tertiary/aromatic N) is 2. The van der Waals surface area contributed by atoms with Crippen LogP contribution >= 0.6 is 0 Å². The minimum Gasteiger partial charge on any atom is -0.495 e. The van der Waals surface area contributed by atoms with Crippen LogP contribution in [0.5, 0.6) is 11.5 Å². The predicted molar refractivity (Wildman–Crippen MR) is 99.1 cm³/mol. The van der Waals surface area contributed by atoms with Gasteiger partial charge in [-0.3, -0.25) is 9.59 Å². The van der Waals surface area contributed by atoms with Crippen LogP contribution in [-0.4, -0.2) is 57.0 Å². The molecule has 0 unspecified atom stereocenters. The first-order valence-corrected chi connectivity index (χ1v) is 8.55. The summed E-state index contributed by atoms with van der Waals surface area (Å²) in [7, 11) is 1.66. The summed E-state index contributed by atoms with van der Waals surface area (Å²) < 4.78 is 10.9. The van der Waals surface area contributed by atoms with Crippen LogP contribution in [0.25, 0.3) is 0 Å². The molecule has 1 amide bonds. The molecule has 3 rings (SSSR count). The lowest BCUT2D eigenvalue weighted by Crippen LogP contribution is -2.50. The Hall–Kier alpha value is -3.02. The van der Waals surface area contributed by atoms with Crippen LogP contribution in [-0.2, 0) is 4.79 Å². The number of hydrogen-bond acceptors (Lipinski definition) is 5. The van der Waals surface area contributed by atoms with Gasteiger partial charge in [0.05, 0.1) is 18.4 Å². The highest BCUT2D eigenvalue weighted by molar-refractivity contribution is 5.81. The molecule has 6 nitrogen and oxygen atoms in total. The SMILES string of the molecule is COc1ccccc1N1CCN(C(=O)COc2ccccc2C=O)CC1. The van der Waals surface area contributed by atoms with E-state index in [1.165, 1.54) is 0 Å². The molecule has 0 aromatic heterocycles. The Morgan fingerprint density at radius 3 is 2.35 bits per heavy atom. The Morgan fingerprint density at radius 2 is 1.65 bits per heavy atom. The second-order valence-electron chi connectivity index (χ2n) is 5.98. The summed E-state index contributed by atoms with van der Waals surface area (Å²) in [5.41, 5.74) is 1.49. The summed E-state index contributed by atoms with van der Waals surface area (Å²) >= 11 is 0. The standard InChI is InChI=1S/C20H22N2O4/c1-25-19-9-5-3-7-17(19)21-10-12-22(13-11-21)20(24)15-26-18-8-4-2-6-16(18)14-23/h2-9,14H,10-13,15H2,1H3. The molecule has 0 N–H and O–H groups in total. The molecule has 26 heavy (non-hydrogen) atoms. The third kappa shape index (κ3) is 3.96. The largest absolute Gasteiger partial charge is 0.495 e. The second-order valence-corrected chi connectivity index (χ2v) is 5.98. The number of rotatable bonds is 6. The number of carbonyl (C=O) groups excluding carboxylic acids is 2. The highest BCUT2D eigenvalue weighted by Gasteiger charge is 2.23. The van der Waals surface area contributed by atoms with E-state index in [-0.39, 0.29) is 12.5 Å². The molecule has 0 radical (unpaired) electrons. The summed E-state index contributed by atoms with van der Waals surface area (Å²) in [6, 6.07) is 14.8. The van der Waals surface area contributed by atoms with E-state index in [0.29, 0.717) is 24.4 Å². The van der Waals surface area contributed by atoms with Gasteiger partial charge >= 0.3 is 0 Å². The molecule has 6 heteroatoms. The number of ether oxygens (including phenoxy) is 2. The van der Waals surface area contributed by atoms with E-state index < -0.39 is 0 Å². The maximum atomic E-state index is 12.4.